The molecule has 1 fully saturated rings. The van der Waals surface area contributed by atoms with Gasteiger partial charge < -0.3 is 9.84 Å². The summed E-state index contributed by atoms with van der Waals surface area (Å²) in [5.74, 6) is 1.01. The highest BCUT2D eigenvalue weighted by molar-refractivity contribution is 8.00. The van der Waals surface area contributed by atoms with Gasteiger partial charge in [-0.25, -0.2) is 4.39 Å². The topological polar surface area (TPSA) is 29.5 Å². The van der Waals surface area contributed by atoms with Gasteiger partial charge in [0, 0.05) is 5.25 Å². The highest BCUT2D eigenvalue weighted by Crippen LogP contribution is 2.29. The molecule has 2 nitrogen and oxygen atoms in total. The van der Waals surface area contributed by atoms with Crippen molar-refractivity contribution in [2.45, 2.75) is 37.0 Å². The molecule has 100 valence electrons. The first-order chi connectivity index (χ1) is 8.70. The fourth-order valence-corrected chi connectivity index (χ4v) is 3.60. The number of methoxy groups -OCH3 is 1. The molecule has 1 aliphatic rings. The molecule has 1 N–H and O–H groups in total. The summed E-state index contributed by atoms with van der Waals surface area (Å²) in [5.41, 5.74) is 0.826. The average molecular weight is 270 g/mol. The van der Waals surface area contributed by atoms with E-state index in [4.69, 9.17) is 4.74 Å². The van der Waals surface area contributed by atoms with Crippen LogP contribution in [0.4, 0.5) is 4.39 Å². The molecule has 2 rings (SSSR count). The number of aliphatic hydroxyl groups is 1. The molecule has 1 heterocycles. The van der Waals surface area contributed by atoms with E-state index in [1.807, 2.05) is 17.8 Å². The molecule has 2 unspecified atom stereocenters. The molecule has 0 spiro atoms. The Bertz CT molecular complexity index is 391. The first-order valence-corrected chi connectivity index (χ1v) is 7.37. The molecule has 1 aromatic rings. The van der Waals surface area contributed by atoms with Gasteiger partial charge in [-0.15, -0.1) is 0 Å². The Morgan fingerprint density at radius 2 is 2.33 bits per heavy atom. The van der Waals surface area contributed by atoms with Crippen molar-refractivity contribution in [3.05, 3.63) is 29.6 Å². The second-order valence-electron chi connectivity index (χ2n) is 4.65. The molecule has 18 heavy (non-hydrogen) atoms. The number of benzene rings is 1. The Hall–Kier alpha value is -0.740. The van der Waals surface area contributed by atoms with Crippen LogP contribution in [0.1, 0.15) is 24.8 Å². The van der Waals surface area contributed by atoms with Crippen molar-refractivity contribution >= 4 is 11.8 Å². The van der Waals surface area contributed by atoms with E-state index in [0.29, 0.717) is 11.7 Å². The predicted molar refractivity (Wildman–Crippen MR) is 72.8 cm³/mol. The standard InChI is InChI=1S/C14H19FO2S/c1-17-13-6-5-10(8-11(13)15)9-12(16)14-4-2-3-7-18-14/h5-6,8,12,14,16H,2-4,7,9H2,1H3. The van der Waals surface area contributed by atoms with E-state index in [0.717, 1.165) is 17.7 Å². The summed E-state index contributed by atoms with van der Waals surface area (Å²) in [6, 6.07) is 4.89. The van der Waals surface area contributed by atoms with E-state index in [1.54, 1.807) is 6.07 Å². The average Bonchev–Trinajstić information content (AvgIpc) is 2.40. The molecule has 0 saturated carbocycles. The third-order valence-electron chi connectivity index (χ3n) is 3.31. The third kappa shape index (κ3) is 3.39. The number of aliphatic hydroxyl groups excluding tert-OH is 1. The lowest BCUT2D eigenvalue weighted by molar-refractivity contribution is 0.166. The van der Waals surface area contributed by atoms with Gasteiger partial charge in [0.15, 0.2) is 11.6 Å². The number of halogens is 1. The molecule has 0 aliphatic carbocycles. The lowest BCUT2D eigenvalue weighted by Gasteiger charge is -2.26. The molecule has 0 bridgehead atoms. The summed E-state index contributed by atoms with van der Waals surface area (Å²) < 4.78 is 18.4. The molecule has 0 aromatic heterocycles. The van der Waals surface area contributed by atoms with E-state index >= 15 is 0 Å². The SMILES string of the molecule is COc1ccc(CC(O)C2CCCCS2)cc1F. The van der Waals surface area contributed by atoms with Gasteiger partial charge in [0.2, 0.25) is 0 Å². The zero-order valence-electron chi connectivity index (χ0n) is 10.6. The summed E-state index contributed by atoms with van der Waals surface area (Å²) in [7, 11) is 1.45. The molecule has 0 amide bonds. The molecule has 0 radical (unpaired) electrons. The maximum absolute atomic E-state index is 13.5. The highest BCUT2D eigenvalue weighted by atomic mass is 32.2. The lowest BCUT2D eigenvalue weighted by atomic mass is 10.0. The van der Waals surface area contributed by atoms with E-state index in [2.05, 4.69) is 0 Å². The van der Waals surface area contributed by atoms with Crippen LogP contribution in [0, 0.1) is 5.82 Å². The van der Waals surface area contributed by atoms with Gasteiger partial charge in [-0.3, -0.25) is 0 Å². The minimum atomic E-state index is -0.386. The van der Waals surface area contributed by atoms with Crippen molar-refractivity contribution in [1.29, 1.82) is 0 Å². The Balaban J connectivity index is 1.97. The van der Waals surface area contributed by atoms with Gasteiger partial charge in [-0.2, -0.15) is 11.8 Å². The minimum absolute atomic E-state index is 0.250. The van der Waals surface area contributed by atoms with E-state index < -0.39 is 0 Å². The van der Waals surface area contributed by atoms with Crippen molar-refractivity contribution in [2.24, 2.45) is 0 Å². The summed E-state index contributed by atoms with van der Waals surface area (Å²) in [5, 5.41) is 10.5. The summed E-state index contributed by atoms with van der Waals surface area (Å²) in [6.45, 7) is 0. The number of hydrogen-bond donors (Lipinski definition) is 1. The van der Waals surface area contributed by atoms with Gasteiger partial charge in [0.25, 0.3) is 0 Å². The quantitative estimate of drug-likeness (QED) is 0.912. The van der Waals surface area contributed by atoms with Crippen LogP contribution in [-0.4, -0.2) is 29.3 Å². The fourth-order valence-electron chi connectivity index (χ4n) is 2.28. The van der Waals surface area contributed by atoms with Crippen molar-refractivity contribution in [2.75, 3.05) is 12.9 Å². The Morgan fingerprint density at radius 1 is 1.50 bits per heavy atom. The minimum Gasteiger partial charge on any atom is -0.494 e. The van der Waals surface area contributed by atoms with Crippen molar-refractivity contribution in [1.82, 2.24) is 0 Å². The molecule has 1 saturated heterocycles. The second kappa shape index (κ2) is 6.43. The summed E-state index contributed by atoms with van der Waals surface area (Å²) in [4.78, 5) is 0. The largest absolute Gasteiger partial charge is 0.494 e. The lowest BCUT2D eigenvalue weighted by Crippen LogP contribution is -2.27. The van der Waals surface area contributed by atoms with Crippen molar-refractivity contribution in [3.8, 4) is 5.75 Å². The maximum Gasteiger partial charge on any atom is 0.165 e. The molecule has 4 heteroatoms. The van der Waals surface area contributed by atoms with Gasteiger partial charge >= 0.3 is 0 Å². The van der Waals surface area contributed by atoms with Crippen LogP contribution in [0.2, 0.25) is 0 Å². The monoisotopic (exact) mass is 270 g/mol. The van der Waals surface area contributed by atoms with Crippen LogP contribution in [0.15, 0.2) is 18.2 Å². The van der Waals surface area contributed by atoms with Crippen LogP contribution in [0.3, 0.4) is 0 Å². The first-order valence-electron chi connectivity index (χ1n) is 6.33. The zero-order chi connectivity index (χ0) is 13.0. The van der Waals surface area contributed by atoms with Crippen molar-refractivity contribution < 1.29 is 14.2 Å². The van der Waals surface area contributed by atoms with Gasteiger partial charge in [0.05, 0.1) is 13.2 Å². The number of rotatable bonds is 4. The van der Waals surface area contributed by atoms with E-state index in [-0.39, 0.29) is 17.7 Å². The van der Waals surface area contributed by atoms with Crippen molar-refractivity contribution in [3.63, 3.8) is 0 Å². The zero-order valence-corrected chi connectivity index (χ0v) is 11.4. The number of hydrogen-bond acceptors (Lipinski definition) is 3. The molecular formula is C14H19FO2S. The summed E-state index contributed by atoms with van der Waals surface area (Å²) >= 11 is 1.83. The normalized spacial score (nSPS) is 21.6. The van der Waals surface area contributed by atoms with Crippen LogP contribution in [0.25, 0.3) is 0 Å². The van der Waals surface area contributed by atoms with Gasteiger partial charge in [0.1, 0.15) is 0 Å². The van der Waals surface area contributed by atoms with Crippen LogP contribution < -0.4 is 4.74 Å². The van der Waals surface area contributed by atoms with Crippen LogP contribution in [-0.2, 0) is 6.42 Å². The number of thioether (sulfide) groups is 1. The van der Waals surface area contributed by atoms with Crippen LogP contribution >= 0.6 is 11.8 Å². The van der Waals surface area contributed by atoms with E-state index in [1.165, 1.54) is 26.0 Å². The molecule has 2 atom stereocenters. The smallest absolute Gasteiger partial charge is 0.165 e. The van der Waals surface area contributed by atoms with Crippen LogP contribution in [0.5, 0.6) is 5.75 Å². The molecule has 1 aliphatic heterocycles. The molecule has 1 aromatic carbocycles. The third-order valence-corrected chi connectivity index (χ3v) is 4.81. The first kappa shape index (κ1) is 13.7. The Morgan fingerprint density at radius 3 is 2.94 bits per heavy atom. The second-order valence-corrected chi connectivity index (χ2v) is 5.99. The maximum atomic E-state index is 13.5. The highest BCUT2D eigenvalue weighted by Gasteiger charge is 2.22. The number of ether oxygens (including phenoxy) is 1. The van der Waals surface area contributed by atoms with Gasteiger partial charge in [-0.05, 0) is 42.7 Å². The molecular weight excluding hydrogens is 251 g/mol. The predicted octanol–water partition coefficient (Wildman–Crippen LogP) is 3.02. The van der Waals surface area contributed by atoms with E-state index in [9.17, 15) is 9.50 Å². The Labute approximate surface area is 112 Å². The summed E-state index contributed by atoms with van der Waals surface area (Å²) in [6.07, 6.45) is 3.61. The Kier molecular flexibility index (Phi) is 4.89. The fraction of sp³-hybridized carbons (Fsp3) is 0.571. The van der Waals surface area contributed by atoms with Gasteiger partial charge in [-0.1, -0.05) is 12.5 Å².